The first kappa shape index (κ1) is 19.6. The molecule has 3 aromatic carbocycles. The summed E-state index contributed by atoms with van der Waals surface area (Å²) in [7, 11) is 0. The molecule has 0 heterocycles. The quantitative estimate of drug-likeness (QED) is 0.597. The Balaban J connectivity index is 1.53. The molecule has 1 N–H and O–H groups in total. The van der Waals surface area contributed by atoms with Gasteiger partial charge in [0.2, 0.25) is 0 Å². The first-order valence-electron chi connectivity index (χ1n) is 8.90. The molecule has 0 saturated heterocycles. The Hall–Kier alpha value is -3.11. The number of rotatable bonds is 6. The normalized spacial score (nSPS) is 11.5. The van der Waals surface area contributed by atoms with Crippen molar-refractivity contribution >= 4 is 23.5 Å². The summed E-state index contributed by atoms with van der Waals surface area (Å²) < 4.78 is 5.12. The number of nitrogens with one attached hydrogen (secondary N) is 1. The maximum atomic E-state index is 12.2. The van der Waals surface area contributed by atoms with Crippen LogP contribution in [0.3, 0.4) is 0 Å². The number of hydrogen-bond acceptors (Lipinski definition) is 3. The monoisotopic (exact) mass is 393 g/mol. The number of esters is 1. The zero-order chi connectivity index (χ0) is 19.9. The maximum absolute atomic E-state index is 12.2. The fourth-order valence-electron chi connectivity index (χ4n) is 2.79. The van der Waals surface area contributed by atoms with Crippen LogP contribution in [-0.2, 0) is 9.53 Å². The van der Waals surface area contributed by atoms with Gasteiger partial charge in [-0.15, -0.1) is 0 Å². The standard InChI is InChI=1S/C23H20ClNO3/c1-16(20-8-5-9-21(24)14-20)25-22(26)15-28-23(27)19-12-10-18(11-13-19)17-6-3-2-4-7-17/h2-14,16H,15H2,1H3,(H,25,26)/t16-/m0/s1. The summed E-state index contributed by atoms with van der Waals surface area (Å²) in [6.45, 7) is 1.50. The summed E-state index contributed by atoms with van der Waals surface area (Å²) in [6, 6.07) is 24.0. The van der Waals surface area contributed by atoms with Crippen molar-refractivity contribution < 1.29 is 14.3 Å². The highest BCUT2D eigenvalue weighted by Crippen LogP contribution is 2.20. The second kappa shape index (κ2) is 9.20. The summed E-state index contributed by atoms with van der Waals surface area (Å²) in [5.41, 5.74) is 3.35. The van der Waals surface area contributed by atoms with Crippen LogP contribution in [0.15, 0.2) is 78.9 Å². The van der Waals surface area contributed by atoms with Crippen molar-refractivity contribution in [1.29, 1.82) is 0 Å². The Bertz CT molecular complexity index is 955. The molecule has 28 heavy (non-hydrogen) atoms. The second-order valence-electron chi connectivity index (χ2n) is 6.36. The molecule has 0 aliphatic carbocycles. The topological polar surface area (TPSA) is 55.4 Å². The smallest absolute Gasteiger partial charge is 0.338 e. The molecule has 0 aromatic heterocycles. The highest BCUT2D eigenvalue weighted by Gasteiger charge is 2.13. The van der Waals surface area contributed by atoms with Crippen LogP contribution in [-0.4, -0.2) is 18.5 Å². The first-order valence-corrected chi connectivity index (χ1v) is 9.28. The van der Waals surface area contributed by atoms with Gasteiger partial charge in [-0.05, 0) is 47.9 Å². The summed E-state index contributed by atoms with van der Waals surface area (Å²) in [5.74, 6) is -0.910. The highest BCUT2D eigenvalue weighted by atomic mass is 35.5. The minimum atomic E-state index is -0.537. The van der Waals surface area contributed by atoms with E-state index in [1.54, 1.807) is 24.3 Å². The Morgan fingerprint density at radius 1 is 0.929 bits per heavy atom. The summed E-state index contributed by atoms with van der Waals surface area (Å²) in [4.78, 5) is 24.2. The van der Waals surface area contributed by atoms with Crippen molar-refractivity contribution in [3.05, 3.63) is 95.0 Å². The van der Waals surface area contributed by atoms with Gasteiger partial charge in [0.15, 0.2) is 6.61 Å². The van der Waals surface area contributed by atoms with Crippen molar-refractivity contribution in [3.63, 3.8) is 0 Å². The Morgan fingerprint density at radius 2 is 1.61 bits per heavy atom. The second-order valence-corrected chi connectivity index (χ2v) is 6.80. The summed E-state index contributed by atoms with van der Waals surface area (Å²) in [6.07, 6.45) is 0. The third-order valence-electron chi connectivity index (χ3n) is 4.29. The van der Waals surface area contributed by atoms with Gasteiger partial charge in [-0.2, -0.15) is 0 Å². The third-order valence-corrected chi connectivity index (χ3v) is 4.52. The molecule has 0 aliphatic heterocycles. The Morgan fingerprint density at radius 3 is 2.29 bits per heavy atom. The van der Waals surface area contributed by atoms with E-state index < -0.39 is 5.97 Å². The van der Waals surface area contributed by atoms with Gasteiger partial charge in [-0.3, -0.25) is 4.79 Å². The SMILES string of the molecule is C[C@H](NC(=O)COC(=O)c1ccc(-c2ccccc2)cc1)c1cccc(Cl)c1. The molecule has 0 unspecified atom stereocenters. The number of carbonyl (C=O) groups excluding carboxylic acids is 2. The number of ether oxygens (including phenoxy) is 1. The number of hydrogen-bond donors (Lipinski definition) is 1. The van der Waals surface area contributed by atoms with Crippen molar-refractivity contribution in [2.45, 2.75) is 13.0 Å². The zero-order valence-electron chi connectivity index (χ0n) is 15.4. The van der Waals surface area contributed by atoms with Gasteiger partial charge in [-0.1, -0.05) is 66.2 Å². The van der Waals surface area contributed by atoms with Crippen molar-refractivity contribution in [1.82, 2.24) is 5.32 Å². The molecular formula is C23H20ClNO3. The minimum absolute atomic E-state index is 0.241. The lowest BCUT2D eigenvalue weighted by Crippen LogP contribution is -2.31. The molecule has 5 heteroatoms. The van der Waals surface area contributed by atoms with Crippen LogP contribution in [0.2, 0.25) is 5.02 Å². The molecule has 0 spiro atoms. The summed E-state index contributed by atoms with van der Waals surface area (Å²) >= 11 is 5.96. The molecule has 0 bridgehead atoms. The first-order chi connectivity index (χ1) is 13.5. The van der Waals surface area contributed by atoms with Crippen molar-refractivity contribution in [2.75, 3.05) is 6.61 Å². The van der Waals surface area contributed by atoms with Crippen LogP contribution >= 0.6 is 11.6 Å². The number of benzene rings is 3. The Kier molecular flexibility index (Phi) is 6.45. The molecule has 3 aromatic rings. The van der Waals surface area contributed by atoms with E-state index in [2.05, 4.69) is 5.32 Å². The van der Waals surface area contributed by atoms with E-state index in [1.165, 1.54) is 0 Å². The van der Waals surface area contributed by atoms with Crippen LogP contribution in [0, 0.1) is 0 Å². The van der Waals surface area contributed by atoms with E-state index >= 15 is 0 Å². The average Bonchev–Trinajstić information content (AvgIpc) is 2.73. The molecule has 142 valence electrons. The molecule has 0 fully saturated rings. The van der Waals surface area contributed by atoms with Gasteiger partial charge < -0.3 is 10.1 Å². The van der Waals surface area contributed by atoms with E-state index in [1.807, 2.05) is 61.5 Å². The van der Waals surface area contributed by atoms with Crippen molar-refractivity contribution in [3.8, 4) is 11.1 Å². The molecule has 0 saturated carbocycles. The number of amides is 1. The molecule has 3 rings (SSSR count). The van der Waals surface area contributed by atoms with Gasteiger partial charge in [0.25, 0.3) is 5.91 Å². The van der Waals surface area contributed by atoms with Gasteiger partial charge in [0, 0.05) is 5.02 Å². The number of carbonyl (C=O) groups is 2. The predicted molar refractivity (Wildman–Crippen MR) is 110 cm³/mol. The fraction of sp³-hybridized carbons (Fsp3) is 0.130. The van der Waals surface area contributed by atoms with E-state index in [0.29, 0.717) is 10.6 Å². The van der Waals surface area contributed by atoms with E-state index in [9.17, 15) is 9.59 Å². The zero-order valence-corrected chi connectivity index (χ0v) is 16.1. The molecular weight excluding hydrogens is 374 g/mol. The molecule has 4 nitrogen and oxygen atoms in total. The molecule has 0 radical (unpaired) electrons. The van der Waals surface area contributed by atoms with Gasteiger partial charge in [-0.25, -0.2) is 4.79 Å². The predicted octanol–water partition coefficient (Wildman–Crippen LogP) is 5.04. The van der Waals surface area contributed by atoms with E-state index in [0.717, 1.165) is 16.7 Å². The third kappa shape index (κ3) is 5.21. The van der Waals surface area contributed by atoms with Gasteiger partial charge >= 0.3 is 5.97 Å². The molecule has 1 atom stereocenters. The van der Waals surface area contributed by atoms with Gasteiger partial charge in [0.1, 0.15) is 0 Å². The van der Waals surface area contributed by atoms with Crippen LogP contribution in [0.1, 0.15) is 28.9 Å². The lowest BCUT2D eigenvalue weighted by atomic mass is 10.0. The van der Waals surface area contributed by atoms with Crippen molar-refractivity contribution in [2.24, 2.45) is 0 Å². The lowest BCUT2D eigenvalue weighted by molar-refractivity contribution is -0.124. The molecule has 0 aliphatic rings. The fourth-order valence-corrected chi connectivity index (χ4v) is 2.98. The minimum Gasteiger partial charge on any atom is -0.452 e. The van der Waals surface area contributed by atoms with Crippen LogP contribution in [0.25, 0.3) is 11.1 Å². The van der Waals surface area contributed by atoms with E-state index in [4.69, 9.17) is 16.3 Å². The highest BCUT2D eigenvalue weighted by molar-refractivity contribution is 6.30. The maximum Gasteiger partial charge on any atom is 0.338 e. The lowest BCUT2D eigenvalue weighted by Gasteiger charge is -2.14. The average molecular weight is 394 g/mol. The summed E-state index contributed by atoms with van der Waals surface area (Å²) in [5, 5.41) is 3.39. The van der Waals surface area contributed by atoms with Gasteiger partial charge in [0.05, 0.1) is 11.6 Å². The largest absolute Gasteiger partial charge is 0.452 e. The Labute approximate surface area is 169 Å². The van der Waals surface area contributed by atoms with Crippen LogP contribution in [0.4, 0.5) is 0 Å². The van der Waals surface area contributed by atoms with Crippen LogP contribution in [0.5, 0.6) is 0 Å². The van der Waals surface area contributed by atoms with E-state index in [-0.39, 0.29) is 18.6 Å². The van der Waals surface area contributed by atoms with Crippen LogP contribution < -0.4 is 5.32 Å². The number of halogens is 1. The molecule has 1 amide bonds.